The smallest absolute Gasteiger partial charge is 0.272 e. The first-order valence-electron chi connectivity index (χ1n) is 5.41. The maximum atomic E-state index is 12.0. The van der Waals surface area contributed by atoms with E-state index in [0.717, 1.165) is 12.8 Å². The van der Waals surface area contributed by atoms with Crippen LogP contribution < -0.4 is 10.1 Å². The van der Waals surface area contributed by atoms with Crippen molar-refractivity contribution in [1.29, 1.82) is 0 Å². The van der Waals surface area contributed by atoms with Crippen molar-refractivity contribution in [2.24, 2.45) is 0 Å². The number of ether oxygens (including phenoxy) is 1. The molecule has 4 heteroatoms. The van der Waals surface area contributed by atoms with Crippen LogP contribution in [-0.2, 0) is 6.42 Å². The molecule has 0 saturated carbocycles. The van der Waals surface area contributed by atoms with Gasteiger partial charge in [0.25, 0.3) is 6.43 Å². The molecule has 0 aliphatic heterocycles. The van der Waals surface area contributed by atoms with Gasteiger partial charge in [-0.3, -0.25) is 0 Å². The highest BCUT2D eigenvalue weighted by molar-refractivity contribution is 5.40. The van der Waals surface area contributed by atoms with Gasteiger partial charge in [-0.2, -0.15) is 0 Å². The van der Waals surface area contributed by atoms with Crippen LogP contribution in [0.2, 0.25) is 0 Å². The lowest BCUT2D eigenvalue weighted by atomic mass is 10.1. The first kappa shape index (κ1) is 11.3. The third kappa shape index (κ3) is 2.32. The van der Waals surface area contributed by atoms with E-state index in [-0.39, 0.29) is 0 Å². The van der Waals surface area contributed by atoms with Crippen LogP contribution in [0.15, 0.2) is 18.2 Å². The molecule has 1 aliphatic carbocycles. The van der Waals surface area contributed by atoms with E-state index >= 15 is 0 Å². The molecule has 1 N–H and O–H groups in total. The standard InChI is InChI=1S/C12H15F2NO/c1-15-11-5-2-8-6-9(3-4-10(8)11)16-7-12(13)14/h3-4,6,11-12,15H,2,5,7H2,1H3. The van der Waals surface area contributed by atoms with Crippen molar-refractivity contribution in [1.82, 2.24) is 5.32 Å². The molecule has 0 saturated heterocycles. The number of alkyl halides is 2. The molecule has 1 aromatic rings. The van der Waals surface area contributed by atoms with Gasteiger partial charge in [0.2, 0.25) is 0 Å². The molecule has 0 radical (unpaired) electrons. The second-order valence-corrected chi connectivity index (χ2v) is 3.94. The Kier molecular flexibility index (Phi) is 3.39. The van der Waals surface area contributed by atoms with Gasteiger partial charge in [-0.25, -0.2) is 8.78 Å². The van der Waals surface area contributed by atoms with Crippen molar-refractivity contribution in [3.05, 3.63) is 29.3 Å². The zero-order valence-electron chi connectivity index (χ0n) is 9.17. The molecule has 1 aromatic carbocycles. The second kappa shape index (κ2) is 4.78. The Morgan fingerprint density at radius 2 is 2.31 bits per heavy atom. The average molecular weight is 227 g/mol. The van der Waals surface area contributed by atoms with E-state index < -0.39 is 13.0 Å². The SMILES string of the molecule is CNC1CCc2cc(OCC(F)F)ccc21. The Morgan fingerprint density at radius 3 is 3.00 bits per heavy atom. The van der Waals surface area contributed by atoms with Gasteiger partial charge >= 0.3 is 0 Å². The molecule has 0 fully saturated rings. The zero-order valence-corrected chi connectivity index (χ0v) is 9.17. The predicted octanol–water partition coefficient (Wildman–Crippen LogP) is 2.54. The molecule has 0 heterocycles. The molecular formula is C12H15F2NO. The summed E-state index contributed by atoms with van der Waals surface area (Å²) in [7, 11) is 1.93. The number of hydrogen-bond donors (Lipinski definition) is 1. The molecule has 1 atom stereocenters. The summed E-state index contributed by atoms with van der Waals surface area (Å²) in [6.07, 6.45) is -0.380. The lowest BCUT2D eigenvalue weighted by molar-refractivity contribution is 0.0818. The van der Waals surface area contributed by atoms with Gasteiger partial charge in [0.1, 0.15) is 12.4 Å². The highest BCUT2D eigenvalue weighted by atomic mass is 19.3. The molecule has 0 bridgehead atoms. The quantitative estimate of drug-likeness (QED) is 0.853. The minimum atomic E-state index is -2.42. The fourth-order valence-corrected chi connectivity index (χ4v) is 2.14. The van der Waals surface area contributed by atoms with Gasteiger partial charge in [0, 0.05) is 6.04 Å². The average Bonchev–Trinajstić information content (AvgIpc) is 2.68. The summed E-state index contributed by atoms with van der Waals surface area (Å²) in [5, 5.41) is 3.23. The Bertz CT molecular complexity index is 368. The van der Waals surface area contributed by atoms with E-state index in [0.29, 0.717) is 11.8 Å². The van der Waals surface area contributed by atoms with Crippen molar-refractivity contribution in [2.75, 3.05) is 13.7 Å². The minimum absolute atomic E-state index is 0.388. The molecule has 0 spiro atoms. The van der Waals surface area contributed by atoms with Crippen molar-refractivity contribution >= 4 is 0 Å². The van der Waals surface area contributed by atoms with E-state index in [1.54, 1.807) is 6.07 Å². The van der Waals surface area contributed by atoms with Gasteiger partial charge < -0.3 is 10.1 Å². The third-order valence-electron chi connectivity index (χ3n) is 2.92. The molecule has 16 heavy (non-hydrogen) atoms. The van der Waals surface area contributed by atoms with Crippen LogP contribution >= 0.6 is 0 Å². The van der Waals surface area contributed by atoms with Gasteiger partial charge in [0.15, 0.2) is 0 Å². The van der Waals surface area contributed by atoms with E-state index in [4.69, 9.17) is 4.74 Å². The highest BCUT2D eigenvalue weighted by Crippen LogP contribution is 2.33. The van der Waals surface area contributed by atoms with Crippen LogP contribution in [0.5, 0.6) is 5.75 Å². The summed E-state index contributed by atoms with van der Waals surface area (Å²) in [5.41, 5.74) is 2.46. The normalized spacial score (nSPS) is 18.9. The molecule has 1 aliphatic rings. The van der Waals surface area contributed by atoms with Gasteiger partial charge in [-0.15, -0.1) is 0 Å². The maximum Gasteiger partial charge on any atom is 0.272 e. The predicted molar refractivity (Wildman–Crippen MR) is 58.1 cm³/mol. The van der Waals surface area contributed by atoms with Crippen molar-refractivity contribution in [3.63, 3.8) is 0 Å². The maximum absolute atomic E-state index is 12.0. The number of halogens is 2. The minimum Gasteiger partial charge on any atom is -0.488 e. The molecule has 1 unspecified atom stereocenters. The number of aryl methyl sites for hydroxylation is 1. The Hall–Kier alpha value is -1.16. The first-order valence-corrected chi connectivity index (χ1v) is 5.41. The summed E-state index contributed by atoms with van der Waals surface area (Å²) < 4.78 is 28.9. The van der Waals surface area contributed by atoms with E-state index in [2.05, 4.69) is 5.32 Å². The molecule has 88 valence electrons. The van der Waals surface area contributed by atoms with Crippen molar-refractivity contribution in [3.8, 4) is 5.75 Å². The van der Waals surface area contributed by atoms with Crippen LogP contribution in [0.4, 0.5) is 8.78 Å². The van der Waals surface area contributed by atoms with Crippen molar-refractivity contribution < 1.29 is 13.5 Å². The van der Waals surface area contributed by atoms with Gasteiger partial charge in [-0.1, -0.05) is 6.07 Å². The van der Waals surface area contributed by atoms with Gasteiger partial charge in [-0.05, 0) is 43.1 Å². The Labute approximate surface area is 93.6 Å². The summed E-state index contributed by atoms with van der Waals surface area (Å²) in [5.74, 6) is 0.538. The number of fused-ring (bicyclic) bond motifs is 1. The van der Waals surface area contributed by atoms with E-state index in [1.165, 1.54) is 11.1 Å². The first-order chi connectivity index (χ1) is 7.70. The van der Waals surface area contributed by atoms with E-state index in [9.17, 15) is 8.78 Å². The number of nitrogens with one attached hydrogen (secondary N) is 1. The molecular weight excluding hydrogens is 212 g/mol. The topological polar surface area (TPSA) is 21.3 Å². The fraction of sp³-hybridized carbons (Fsp3) is 0.500. The van der Waals surface area contributed by atoms with Crippen LogP contribution in [0.1, 0.15) is 23.6 Å². The molecule has 0 aromatic heterocycles. The van der Waals surface area contributed by atoms with Crippen LogP contribution in [0.3, 0.4) is 0 Å². The van der Waals surface area contributed by atoms with Gasteiger partial charge in [0.05, 0.1) is 0 Å². The third-order valence-corrected chi connectivity index (χ3v) is 2.92. The monoisotopic (exact) mass is 227 g/mol. The summed E-state index contributed by atoms with van der Waals surface area (Å²) in [4.78, 5) is 0. The lowest BCUT2D eigenvalue weighted by Gasteiger charge is -2.11. The number of rotatable bonds is 4. The fourth-order valence-electron chi connectivity index (χ4n) is 2.14. The largest absolute Gasteiger partial charge is 0.488 e. The molecule has 2 nitrogen and oxygen atoms in total. The lowest BCUT2D eigenvalue weighted by Crippen LogP contribution is -2.12. The summed E-state index contributed by atoms with van der Waals surface area (Å²) in [6, 6.07) is 5.98. The second-order valence-electron chi connectivity index (χ2n) is 3.94. The Morgan fingerprint density at radius 1 is 1.50 bits per heavy atom. The highest BCUT2D eigenvalue weighted by Gasteiger charge is 2.21. The van der Waals surface area contributed by atoms with Crippen LogP contribution in [0.25, 0.3) is 0 Å². The molecule has 0 amide bonds. The summed E-state index contributed by atoms with van der Waals surface area (Å²) in [6.45, 7) is -0.533. The van der Waals surface area contributed by atoms with Crippen LogP contribution in [0, 0.1) is 0 Å². The molecule has 2 rings (SSSR count). The number of benzene rings is 1. The van der Waals surface area contributed by atoms with E-state index in [1.807, 2.05) is 19.2 Å². The Balaban J connectivity index is 2.09. The van der Waals surface area contributed by atoms with Crippen molar-refractivity contribution in [2.45, 2.75) is 25.3 Å². The summed E-state index contributed by atoms with van der Waals surface area (Å²) >= 11 is 0. The number of hydrogen-bond acceptors (Lipinski definition) is 2. The van der Waals surface area contributed by atoms with Crippen LogP contribution in [-0.4, -0.2) is 20.1 Å². The zero-order chi connectivity index (χ0) is 11.5.